The van der Waals surface area contributed by atoms with E-state index in [0.717, 1.165) is 30.9 Å². The van der Waals surface area contributed by atoms with E-state index in [1.54, 1.807) is 11.3 Å². The van der Waals surface area contributed by atoms with E-state index >= 15 is 0 Å². The Balaban J connectivity index is 2.48. The van der Waals surface area contributed by atoms with Crippen molar-refractivity contribution in [2.75, 3.05) is 25.4 Å². The average molecular weight is 298 g/mol. The second kappa shape index (κ2) is 8.97. The van der Waals surface area contributed by atoms with Crippen LogP contribution in [0.1, 0.15) is 38.5 Å². The number of hydrogen-bond donors (Lipinski definition) is 1. The molecule has 114 valence electrons. The summed E-state index contributed by atoms with van der Waals surface area (Å²) in [6, 6.07) is 4.45. The fourth-order valence-electron chi connectivity index (χ4n) is 2.23. The lowest BCUT2D eigenvalue weighted by molar-refractivity contribution is -0.143. The summed E-state index contributed by atoms with van der Waals surface area (Å²) in [5.41, 5.74) is 5.76. The van der Waals surface area contributed by atoms with Crippen LogP contribution in [0.4, 0.5) is 5.00 Å². The van der Waals surface area contributed by atoms with Crippen molar-refractivity contribution >= 4 is 22.3 Å². The first-order valence-corrected chi connectivity index (χ1v) is 8.12. The number of carbonyl (C=O) groups is 1. The van der Waals surface area contributed by atoms with Crippen molar-refractivity contribution in [1.82, 2.24) is 4.90 Å². The molecule has 0 bridgehead atoms. The smallest absolute Gasteiger partial charge is 0.307 e. The zero-order valence-electron chi connectivity index (χ0n) is 12.7. The second-order valence-electron chi connectivity index (χ2n) is 4.95. The summed E-state index contributed by atoms with van der Waals surface area (Å²) in [5, 5.41) is 0.862. The summed E-state index contributed by atoms with van der Waals surface area (Å²) < 4.78 is 4.99. The number of rotatable bonds is 9. The molecule has 1 atom stereocenters. The van der Waals surface area contributed by atoms with Gasteiger partial charge in [0.15, 0.2) is 0 Å². The van der Waals surface area contributed by atoms with E-state index in [4.69, 9.17) is 10.5 Å². The number of ether oxygens (including phenoxy) is 1. The minimum Gasteiger partial charge on any atom is -0.466 e. The third kappa shape index (κ3) is 5.92. The first-order chi connectivity index (χ1) is 9.56. The van der Waals surface area contributed by atoms with E-state index in [1.807, 2.05) is 13.0 Å². The van der Waals surface area contributed by atoms with Crippen molar-refractivity contribution < 1.29 is 9.53 Å². The van der Waals surface area contributed by atoms with Gasteiger partial charge in [-0.2, -0.15) is 0 Å². The number of thiophene rings is 1. The highest BCUT2D eigenvalue weighted by molar-refractivity contribution is 7.15. The molecule has 0 saturated heterocycles. The maximum absolute atomic E-state index is 11.5. The Morgan fingerprint density at radius 1 is 1.40 bits per heavy atom. The van der Waals surface area contributed by atoms with E-state index in [9.17, 15) is 4.79 Å². The normalized spacial score (nSPS) is 12.6. The zero-order valence-corrected chi connectivity index (χ0v) is 13.5. The Morgan fingerprint density at radius 3 is 2.70 bits per heavy atom. The Kier molecular flexibility index (Phi) is 7.62. The third-order valence-electron chi connectivity index (χ3n) is 3.22. The van der Waals surface area contributed by atoms with Crippen LogP contribution >= 0.6 is 11.3 Å². The van der Waals surface area contributed by atoms with Gasteiger partial charge in [0.05, 0.1) is 18.0 Å². The summed E-state index contributed by atoms with van der Waals surface area (Å²) in [4.78, 5) is 15.1. The lowest BCUT2D eigenvalue weighted by Crippen LogP contribution is -2.37. The highest BCUT2D eigenvalue weighted by atomic mass is 32.1. The number of nitrogens with two attached hydrogens (primary N) is 1. The highest BCUT2D eigenvalue weighted by Gasteiger charge is 2.16. The molecule has 0 fully saturated rings. The molecule has 0 amide bonds. The van der Waals surface area contributed by atoms with Crippen LogP contribution in [0.5, 0.6) is 0 Å². The van der Waals surface area contributed by atoms with E-state index in [-0.39, 0.29) is 5.97 Å². The molecule has 1 heterocycles. The number of anilines is 1. The molecule has 1 aromatic rings. The Morgan fingerprint density at radius 2 is 2.15 bits per heavy atom. The van der Waals surface area contributed by atoms with Gasteiger partial charge in [0.25, 0.3) is 0 Å². The van der Waals surface area contributed by atoms with E-state index in [2.05, 4.69) is 24.8 Å². The monoisotopic (exact) mass is 298 g/mol. The quantitative estimate of drug-likeness (QED) is 0.712. The van der Waals surface area contributed by atoms with Crippen molar-refractivity contribution in [3.8, 4) is 0 Å². The molecule has 0 aromatic carbocycles. The van der Waals surface area contributed by atoms with Gasteiger partial charge in [-0.05, 0) is 45.4 Å². The van der Waals surface area contributed by atoms with Crippen LogP contribution < -0.4 is 5.73 Å². The molecule has 0 spiro atoms. The fourth-order valence-corrected chi connectivity index (χ4v) is 3.13. The Labute approximate surface area is 125 Å². The molecule has 0 radical (unpaired) electrons. The SMILES string of the molecule is CCCN(CCC(=O)OCC)C(C)Cc1ccc(N)s1. The maximum atomic E-state index is 11.5. The van der Waals surface area contributed by atoms with Crippen LogP contribution in [-0.4, -0.2) is 36.6 Å². The predicted octanol–water partition coefficient (Wildman–Crippen LogP) is 2.93. The van der Waals surface area contributed by atoms with Gasteiger partial charge in [-0.1, -0.05) is 6.92 Å². The van der Waals surface area contributed by atoms with Gasteiger partial charge in [0.2, 0.25) is 0 Å². The van der Waals surface area contributed by atoms with Crippen LogP contribution in [0, 0.1) is 0 Å². The molecule has 4 nitrogen and oxygen atoms in total. The van der Waals surface area contributed by atoms with Crippen molar-refractivity contribution in [1.29, 1.82) is 0 Å². The molecule has 0 aliphatic carbocycles. The largest absolute Gasteiger partial charge is 0.466 e. The molecule has 0 saturated carbocycles. The molecule has 0 aliphatic heterocycles. The van der Waals surface area contributed by atoms with Crippen LogP contribution in [0.2, 0.25) is 0 Å². The predicted molar refractivity (Wildman–Crippen MR) is 85.0 cm³/mol. The summed E-state index contributed by atoms with van der Waals surface area (Å²) in [7, 11) is 0. The van der Waals surface area contributed by atoms with Crippen LogP contribution in [0.25, 0.3) is 0 Å². The minimum absolute atomic E-state index is 0.110. The number of nitrogens with zero attached hydrogens (tertiary/aromatic N) is 1. The summed E-state index contributed by atoms with van der Waals surface area (Å²) in [5.74, 6) is -0.110. The van der Waals surface area contributed by atoms with Gasteiger partial charge in [-0.25, -0.2) is 0 Å². The van der Waals surface area contributed by atoms with E-state index in [0.29, 0.717) is 19.1 Å². The van der Waals surface area contributed by atoms with Crippen molar-refractivity contribution in [3.05, 3.63) is 17.0 Å². The molecule has 20 heavy (non-hydrogen) atoms. The topological polar surface area (TPSA) is 55.6 Å². The maximum Gasteiger partial charge on any atom is 0.307 e. The molecule has 5 heteroatoms. The summed E-state index contributed by atoms with van der Waals surface area (Å²) in [6.45, 7) is 8.42. The van der Waals surface area contributed by atoms with Gasteiger partial charge in [-0.15, -0.1) is 11.3 Å². The first kappa shape index (κ1) is 17.0. The van der Waals surface area contributed by atoms with E-state index in [1.165, 1.54) is 4.88 Å². The van der Waals surface area contributed by atoms with Crippen molar-refractivity contribution in [3.63, 3.8) is 0 Å². The first-order valence-electron chi connectivity index (χ1n) is 7.30. The number of esters is 1. The Hall–Kier alpha value is -1.07. The molecular formula is C15H26N2O2S. The van der Waals surface area contributed by atoms with Crippen LogP contribution in [-0.2, 0) is 16.0 Å². The molecule has 2 N–H and O–H groups in total. The third-order valence-corrected chi connectivity index (χ3v) is 4.16. The van der Waals surface area contributed by atoms with Gasteiger partial charge in [0, 0.05) is 17.5 Å². The van der Waals surface area contributed by atoms with Gasteiger partial charge >= 0.3 is 5.97 Å². The van der Waals surface area contributed by atoms with Gasteiger partial charge in [-0.3, -0.25) is 9.69 Å². The molecule has 1 aromatic heterocycles. The number of carbonyl (C=O) groups excluding carboxylic acids is 1. The van der Waals surface area contributed by atoms with Crippen LogP contribution in [0.15, 0.2) is 12.1 Å². The van der Waals surface area contributed by atoms with Gasteiger partial charge in [0.1, 0.15) is 0 Å². The standard InChI is InChI=1S/C15H26N2O2S/c1-4-9-17(10-8-15(18)19-5-2)12(3)11-13-6-7-14(16)20-13/h6-7,12H,4-5,8-11,16H2,1-3H3. The Bertz CT molecular complexity index is 406. The number of nitrogen functional groups attached to an aromatic ring is 1. The zero-order chi connectivity index (χ0) is 15.0. The molecule has 1 unspecified atom stereocenters. The molecule has 1 rings (SSSR count). The molecule has 0 aliphatic rings. The second-order valence-corrected chi connectivity index (χ2v) is 6.15. The van der Waals surface area contributed by atoms with Gasteiger partial charge < -0.3 is 10.5 Å². The average Bonchev–Trinajstić information content (AvgIpc) is 2.80. The highest BCUT2D eigenvalue weighted by Crippen LogP contribution is 2.21. The van der Waals surface area contributed by atoms with Crippen molar-refractivity contribution in [2.45, 2.75) is 46.1 Å². The minimum atomic E-state index is -0.110. The fraction of sp³-hybridized carbons (Fsp3) is 0.667. The van der Waals surface area contributed by atoms with E-state index < -0.39 is 0 Å². The van der Waals surface area contributed by atoms with Crippen LogP contribution in [0.3, 0.4) is 0 Å². The molecular weight excluding hydrogens is 272 g/mol. The summed E-state index contributed by atoms with van der Waals surface area (Å²) in [6.07, 6.45) is 2.52. The van der Waals surface area contributed by atoms with Crippen molar-refractivity contribution in [2.24, 2.45) is 0 Å². The lowest BCUT2D eigenvalue weighted by atomic mass is 10.1. The summed E-state index contributed by atoms with van der Waals surface area (Å²) >= 11 is 1.64. The lowest BCUT2D eigenvalue weighted by Gasteiger charge is -2.28. The number of hydrogen-bond acceptors (Lipinski definition) is 5.